The molecule has 2 N–H and O–H groups in total. The molecular formula is C12H13F2N3O4. The monoisotopic (exact) mass is 301 g/mol. The fourth-order valence-corrected chi connectivity index (χ4v) is 1.54. The van der Waals surface area contributed by atoms with Crippen molar-refractivity contribution in [1.82, 2.24) is 10.6 Å². The van der Waals surface area contributed by atoms with Crippen molar-refractivity contribution in [1.29, 1.82) is 0 Å². The van der Waals surface area contributed by atoms with Crippen LogP contribution in [0.3, 0.4) is 0 Å². The smallest absolute Gasteiger partial charge is 0.285 e. The second-order valence-electron chi connectivity index (χ2n) is 4.13. The van der Waals surface area contributed by atoms with Crippen LogP contribution in [0.4, 0.5) is 14.5 Å². The highest BCUT2D eigenvalue weighted by atomic mass is 19.2. The molecule has 0 heterocycles. The fraction of sp³-hybridized carbons (Fsp3) is 0.333. The molecule has 1 aromatic carbocycles. The number of benzene rings is 1. The van der Waals surface area contributed by atoms with Gasteiger partial charge < -0.3 is 10.6 Å². The van der Waals surface area contributed by atoms with Gasteiger partial charge in [0.05, 0.1) is 11.0 Å². The van der Waals surface area contributed by atoms with Gasteiger partial charge in [-0.3, -0.25) is 19.7 Å². The number of nitrogens with zero attached hydrogens (tertiary/aromatic N) is 1. The Hall–Kier alpha value is -2.58. The van der Waals surface area contributed by atoms with E-state index in [1.165, 1.54) is 6.92 Å². The van der Waals surface area contributed by atoms with Gasteiger partial charge >= 0.3 is 0 Å². The molecule has 1 atom stereocenters. The molecule has 1 aromatic rings. The van der Waals surface area contributed by atoms with Crippen molar-refractivity contribution in [3.8, 4) is 0 Å². The molecular weight excluding hydrogens is 288 g/mol. The summed E-state index contributed by atoms with van der Waals surface area (Å²) in [7, 11) is 0. The van der Waals surface area contributed by atoms with Crippen LogP contribution in [0.15, 0.2) is 12.1 Å². The van der Waals surface area contributed by atoms with Crippen molar-refractivity contribution in [3.63, 3.8) is 0 Å². The first-order chi connectivity index (χ1) is 9.77. The molecule has 2 amide bonds. The van der Waals surface area contributed by atoms with Crippen LogP contribution in [0.1, 0.15) is 24.2 Å². The largest absolute Gasteiger partial charge is 0.355 e. The van der Waals surface area contributed by atoms with Gasteiger partial charge in [-0.15, -0.1) is 0 Å². The van der Waals surface area contributed by atoms with E-state index in [4.69, 9.17) is 0 Å². The highest BCUT2D eigenvalue weighted by Crippen LogP contribution is 2.22. The number of nitro benzene ring substituents is 1. The lowest BCUT2D eigenvalue weighted by atomic mass is 10.1. The molecule has 1 unspecified atom stereocenters. The first kappa shape index (κ1) is 16.5. The molecule has 114 valence electrons. The van der Waals surface area contributed by atoms with Crippen LogP contribution in [0.25, 0.3) is 0 Å². The Morgan fingerprint density at radius 3 is 2.43 bits per heavy atom. The summed E-state index contributed by atoms with van der Waals surface area (Å²) in [4.78, 5) is 33.1. The molecule has 0 aliphatic carbocycles. The molecule has 9 heteroatoms. The SMILES string of the molecule is CCNC(=O)C(C)NC(=O)c1cc(F)c(F)cc1[N+](=O)[O-]. The third-order valence-corrected chi connectivity index (χ3v) is 2.57. The lowest BCUT2D eigenvalue weighted by Gasteiger charge is -2.13. The molecule has 21 heavy (non-hydrogen) atoms. The Morgan fingerprint density at radius 1 is 1.33 bits per heavy atom. The summed E-state index contributed by atoms with van der Waals surface area (Å²) in [6, 6.07) is -0.237. The highest BCUT2D eigenvalue weighted by molar-refractivity contribution is 6.00. The lowest BCUT2D eigenvalue weighted by Crippen LogP contribution is -2.44. The Labute approximate surface area is 118 Å². The van der Waals surface area contributed by atoms with E-state index in [9.17, 15) is 28.5 Å². The topological polar surface area (TPSA) is 101 Å². The third kappa shape index (κ3) is 3.94. The van der Waals surface area contributed by atoms with Crippen LogP contribution in [0.5, 0.6) is 0 Å². The predicted octanol–water partition coefficient (Wildman–Crippen LogP) is 1.13. The first-order valence-electron chi connectivity index (χ1n) is 6.00. The number of amides is 2. The second-order valence-corrected chi connectivity index (χ2v) is 4.13. The molecule has 1 rings (SSSR count). The average Bonchev–Trinajstić information content (AvgIpc) is 2.41. The molecule has 0 bridgehead atoms. The van der Waals surface area contributed by atoms with E-state index >= 15 is 0 Å². The van der Waals surface area contributed by atoms with Crippen LogP contribution in [0, 0.1) is 21.7 Å². The number of nitro groups is 1. The molecule has 0 aromatic heterocycles. The Bertz CT molecular complexity index is 592. The number of rotatable bonds is 5. The Morgan fingerprint density at radius 2 is 1.90 bits per heavy atom. The normalized spacial score (nSPS) is 11.6. The summed E-state index contributed by atoms with van der Waals surface area (Å²) >= 11 is 0. The number of nitrogens with one attached hydrogen (secondary N) is 2. The molecule has 0 spiro atoms. The van der Waals surface area contributed by atoms with Crippen LogP contribution in [-0.2, 0) is 4.79 Å². The van der Waals surface area contributed by atoms with Gasteiger partial charge in [-0.1, -0.05) is 0 Å². The first-order valence-corrected chi connectivity index (χ1v) is 6.00. The number of carbonyl (C=O) groups excluding carboxylic acids is 2. The zero-order valence-corrected chi connectivity index (χ0v) is 11.3. The summed E-state index contributed by atoms with van der Waals surface area (Å²) in [5.41, 5.74) is -1.54. The summed E-state index contributed by atoms with van der Waals surface area (Å²) in [6.07, 6.45) is 0. The summed E-state index contributed by atoms with van der Waals surface area (Å²) in [5.74, 6) is -4.37. The molecule has 0 saturated heterocycles. The van der Waals surface area contributed by atoms with Gasteiger partial charge in [0.25, 0.3) is 11.6 Å². The van der Waals surface area contributed by atoms with E-state index < -0.39 is 45.7 Å². The maximum absolute atomic E-state index is 13.1. The molecule has 0 aliphatic rings. The van der Waals surface area contributed by atoms with Crippen molar-refractivity contribution >= 4 is 17.5 Å². The van der Waals surface area contributed by atoms with Crippen LogP contribution < -0.4 is 10.6 Å². The molecule has 7 nitrogen and oxygen atoms in total. The number of likely N-dealkylation sites (N-methyl/N-ethyl adjacent to an activating group) is 1. The van der Waals surface area contributed by atoms with E-state index in [0.29, 0.717) is 18.7 Å². The minimum atomic E-state index is -1.44. The van der Waals surface area contributed by atoms with E-state index in [0.717, 1.165) is 0 Å². The van der Waals surface area contributed by atoms with Crippen molar-refractivity contribution in [3.05, 3.63) is 39.4 Å². The summed E-state index contributed by atoms with van der Waals surface area (Å²) in [5, 5.41) is 15.4. The standard InChI is InChI=1S/C12H13F2N3O4/c1-3-15-11(18)6(2)16-12(19)7-4-8(13)9(14)5-10(7)17(20)21/h4-6H,3H2,1-2H3,(H,15,18)(H,16,19). The second kappa shape index (κ2) is 6.73. The van der Waals surface area contributed by atoms with Crippen LogP contribution in [-0.4, -0.2) is 29.3 Å². The summed E-state index contributed by atoms with van der Waals surface area (Å²) in [6.45, 7) is 3.37. The quantitative estimate of drug-likeness (QED) is 0.628. The number of carbonyl (C=O) groups is 2. The number of hydrogen-bond acceptors (Lipinski definition) is 4. The third-order valence-electron chi connectivity index (χ3n) is 2.57. The number of hydrogen-bond donors (Lipinski definition) is 2. The fourth-order valence-electron chi connectivity index (χ4n) is 1.54. The zero-order chi connectivity index (χ0) is 16.2. The van der Waals surface area contributed by atoms with Gasteiger partial charge in [0.1, 0.15) is 11.6 Å². The minimum Gasteiger partial charge on any atom is -0.355 e. The maximum atomic E-state index is 13.1. The number of halogens is 2. The van der Waals surface area contributed by atoms with Gasteiger partial charge in [0, 0.05) is 6.54 Å². The van der Waals surface area contributed by atoms with Gasteiger partial charge in [0.2, 0.25) is 5.91 Å². The van der Waals surface area contributed by atoms with Crippen LogP contribution >= 0.6 is 0 Å². The van der Waals surface area contributed by atoms with Gasteiger partial charge in [-0.2, -0.15) is 0 Å². The van der Waals surface area contributed by atoms with Crippen LogP contribution in [0.2, 0.25) is 0 Å². The summed E-state index contributed by atoms with van der Waals surface area (Å²) < 4.78 is 26.1. The Kier molecular flexibility index (Phi) is 5.28. The zero-order valence-electron chi connectivity index (χ0n) is 11.3. The van der Waals surface area contributed by atoms with E-state index in [1.54, 1.807) is 6.92 Å². The molecule has 0 saturated carbocycles. The van der Waals surface area contributed by atoms with E-state index in [2.05, 4.69) is 10.6 Å². The average molecular weight is 301 g/mol. The molecule has 0 fully saturated rings. The lowest BCUT2D eigenvalue weighted by molar-refractivity contribution is -0.385. The minimum absolute atomic E-state index is 0.320. The van der Waals surface area contributed by atoms with E-state index in [1.807, 2.05) is 0 Å². The molecule has 0 aliphatic heterocycles. The van der Waals surface area contributed by atoms with Crippen molar-refractivity contribution in [2.75, 3.05) is 6.54 Å². The van der Waals surface area contributed by atoms with E-state index in [-0.39, 0.29) is 0 Å². The van der Waals surface area contributed by atoms with Gasteiger partial charge in [0.15, 0.2) is 11.6 Å². The van der Waals surface area contributed by atoms with Gasteiger partial charge in [-0.25, -0.2) is 8.78 Å². The Balaban J connectivity index is 3.04. The highest BCUT2D eigenvalue weighted by Gasteiger charge is 2.26. The molecule has 0 radical (unpaired) electrons. The van der Waals surface area contributed by atoms with Crippen molar-refractivity contribution in [2.45, 2.75) is 19.9 Å². The van der Waals surface area contributed by atoms with Crippen molar-refractivity contribution in [2.24, 2.45) is 0 Å². The maximum Gasteiger partial charge on any atom is 0.285 e. The predicted molar refractivity (Wildman–Crippen MR) is 68.6 cm³/mol. The van der Waals surface area contributed by atoms with Gasteiger partial charge in [-0.05, 0) is 19.9 Å². The van der Waals surface area contributed by atoms with Crippen molar-refractivity contribution < 1.29 is 23.3 Å².